The number of benzene rings is 2. The molecule has 0 radical (unpaired) electrons. The molecule has 2 atom stereocenters. The van der Waals surface area contributed by atoms with Crippen LogP contribution in [0.3, 0.4) is 0 Å². The minimum Gasteiger partial charge on any atom is -0.497 e. The van der Waals surface area contributed by atoms with Gasteiger partial charge < -0.3 is 19.9 Å². The van der Waals surface area contributed by atoms with Crippen LogP contribution in [0.25, 0.3) is 0 Å². The molecule has 2 aromatic rings. The van der Waals surface area contributed by atoms with Gasteiger partial charge in [-0.2, -0.15) is 0 Å². The number of methoxy groups -OCH3 is 1. The normalized spacial score (nSPS) is 18.5. The second kappa shape index (κ2) is 7.91. The summed E-state index contributed by atoms with van der Waals surface area (Å²) in [4.78, 5) is 24.0. The zero-order chi connectivity index (χ0) is 18.5. The molecule has 0 spiro atoms. The summed E-state index contributed by atoms with van der Waals surface area (Å²) in [7, 11) is 1.54. The maximum Gasteiger partial charge on any atom is 0.407 e. The number of hydrogen-bond donors (Lipinski definition) is 2. The highest BCUT2D eigenvalue weighted by Crippen LogP contribution is 2.34. The van der Waals surface area contributed by atoms with E-state index in [9.17, 15) is 14.7 Å². The Morgan fingerprint density at radius 3 is 2.65 bits per heavy atom. The molecule has 1 aliphatic rings. The lowest BCUT2D eigenvalue weighted by Gasteiger charge is -2.31. The molecule has 0 aromatic heterocycles. The molecule has 0 fully saturated rings. The van der Waals surface area contributed by atoms with E-state index >= 15 is 0 Å². The van der Waals surface area contributed by atoms with Crippen LogP contribution >= 0.6 is 0 Å². The minimum absolute atomic E-state index is 0.140. The zero-order valence-electron chi connectivity index (χ0n) is 14.5. The van der Waals surface area contributed by atoms with Gasteiger partial charge in [-0.1, -0.05) is 36.4 Å². The van der Waals surface area contributed by atoms with E-state index < -0.39 is 24.0 Å². The largest absolute Gasteiger partial charge is 0.497 e. The Hall–Kier alpha value is -3.02. The summed E-state index contributed by atoms with van der Waals surface area (Å²) >= 11 is 0. The summed E-state index contributed by atoms with van der Waals surface area (Å²) in [5.41, 5.74) is 2.52. The number of amides is 1. The summed E-state index contributed by atoms with van der Waals surface area (Å²) in [6, 6.07) is 14.2. The molecule has 3 rings (SSSR count). The SMILES string of the molecule is COc1ccc2c(c1)[C@@H](C(=O)O)[C@@H](NC(=O)OCc1ccccc1)CC2. The molecular weight excluding hydrogens is 334 g/mol. The van der Waals surface area contributed by atoms with Gasteiger partial charge in [-0.15, -0.1) is 0 Å². The quantitative estimate of drug-likeness (QED) is 0.861. The lowest BCUT2D eigenvalue weighted by molar-refractivity contribution is -0.139. The summed E-state index contributed by atoms with van der Waals surface area (Å²) < 4.78 is 10.4. The van der Waals surface area contributed by atoms with Crippen LogP contribution < -0.4 is 10.1 Å². The first-order valence-corrected chi connectivity index (χ1v) is 8.45. The maximum atomic E-state index is 12.1. The summed E-state index contributed by atoms with van der Waals surface area (Å²) in [5, 5.41) is 12.4. The molecule has 6 nitrogen and oxygen atoms in total. The predicted octanol–water partition coefficient (Wildman–Crippen LogP) is 3.10. The molecule has 2 N–H and O–H groups in total. The van der Waals surface area contributed by atoms with E-state index in [-0.39, 0.29) is 6.61 Å². The van der Waals surface area contributed by atoms with Gasteiger partial charge >= 0.3 is 12.1 Å². The molecule has 1 amide bonds. The molecule has 0 saturated heterocycles. The smallest absolute Gasteiger partial charge is 0.407 e. The fraction of sp³-hybridized carbons (Fsp3) is 0.300. The number of ether oxygens (including phenoxy) is 2. The van der Waals surface area contributed by atoms with Crippen molar-refractivity contribution in [2.24, 2.45) is 0 Å². The standard InChI is InChI=1S/C20H21NO5/c1-25-15-9-7-14-8-10-17(18(19(22)23)16(14)11-15)21-20(24)26-12-13-5-3-2-4-6-13/h2-7,9,11,17-18H,8,10,12H2,1H3,(H,21,24)(H,22,23)/t17-,18+/m0/s1. The van der Waals surface area contributed by atoms with Crippen molar-refractivity contribution in [1.29, 1.82) is 0 Å². The number of carboxylic acid groups (broad SMARTS) is 1. The van der Waals surface area contributed by atoms with Gasteiger partial charge in [0.2, 0.25) is 0 Å². The molecule has 0 saturated carbocycles. The van der Waals surface area contributed by atoms with Gasteiger partial charge in [0, 0.05) is 6.04 Å². The molecule has 6 heteroatoms. The molecule has 0 bridgehead atoms. The van der Waals surface area contributed by atoms with E-state index in [1.807, 2.05) is 42.5 Å². The number of nitrogens with one attached hydrogen (secondary N) is 1. The van der Waals surface area contributed by atoms with Gasteiger partial charge in [-0.25, -0.2) is 4.79 Å². The second-order valence-corrected chi connectivity index (χ2v) is 6.23. The van der Waals surface area contributed by atoms with E-state index in [2.05, 4.69) is 5.32 Å². The van der Waals surface area contributed by atoms with Crippen molar-refractivity contribution in [2.75, 3.05) is 7.11 Å². The highest BCUT2D eigenvalue weighted by molar-refractivity contribution is 5.80. The van der Waals surface area contributed by atoms with Gasteiger partial charge in [-0.05, 0) is 41.7 Å². The fourth-order valence-corrected chi connectivity index (χ4v) is 3.29. The third-order valence-corrected chi connectivity index (χ3v) is 4.60. The maximum absolute atomic E-state index is 12.1. The van der Waals surface area contributed by atoms with E-state index in [4.69, 9.17) is 9.47 Å². The van der Waals surface area contributed by atoms with Crippen LogP contribution in [-0.4, -0.2) is 30.3 Å². The first-order valence-electron chi connectivity index (χ1n) is 8.45. The lowest BCUT2D eigenvalue weighted by Crippen LogP contribution is -2.44. The molecule has 2 aromatic carbocycles. The Morgan fingerprint density at radius 2 is 1.96 bits per heavy atom. The van der Waals surface area contributed by atoms with Crippen molar-refractivity contribution in [1.82, 2.24) is 5.32 Å². The van der Waals surface area contributed by atoms with Crippen LogP contribution in [0.4, 0.5) is 4.79 Å². The Morgan fingerprint density at radius 1 is 1.19 bits per heavy atom. The Balaban J connectivity index is 1.70. The van der Waals surface area contributed by atoms with Crippen molar-refractivity contribution in [2.45, 2.75) is 31.4 Å². The van der Waals surface area contributed by atoms with Crippen molar-refractivity contribution in [3.05, 3.63) is 65.2 Å². The fourth-order valence-electron chi connectivity index (χ4n) is 3.29. The highest BCUT2D eigenvalue weighted by atomic mass is 16.5. The number of carbonyl (C=O) groups is 2. The van der Waals surface area contributed by atoms with E-state index in [1.165, 1.54) is 7.11 Å². The predicted molar refractivity (Wildman–Crippen MR) is 95.2 cm³/mol. The van der Waals surface area contributed by atoms with Gasteiger partial charge in [0.25, 0.3) is 0 Å². The van der Waals surface area contributed by atoms with Crippen LogP contribution in [0.5, 0.6) is 5.75 Å². The van der Waals surface area contributed by atoms with E-state index in [0.717, 1.165) is 11.1 Å². The first kappa shape index (κ1) is 17.8. The molecule has 0 unspecified atom stereocenters. The van der Waals surface area contributed by atoms with Crippen LogP contribution in [0.15, 0.2) is 48.5 Å². The summed E-state index contributed by atoms with van der Waals surface area (Å²) in [6.45, 7) is 0.140. The van der Waals surface area contributed by atoms with Crippen LogP contribution in [0, 0.1) is 0 Å². The van der Waals surface area contributed by atoms with Gasteiger partial charge in [0.1, 0.15) is 18.3 Å². The second-order valence-electron chi connectivity index (χ2n) is 6.23. The Labute approximate surface area is 151 Å². The van der Waals surface area contributed by atoms with Crippen molar-refractivity contribution in [3.63, 3.8) is 0 Å². The topological polar surface area (TPSA) is 84.9 Å². The average molecular weight is 355 g/mol. The van der Waals surface area contributed by atoms with E-state index in [1.54, 1.807) is 6.07 Å². The van der Waals surface area contributed by atoms with Crippen LogP contribution in [0.1, 0.15) is 29.0 Å². The number of carboxylic acids is 1. The van der Waals surface area contributed by atoms with Crippen molar-refractivity contribution < 1.29 is 24.2 Å². The molecular formula is C20H21NO5. The van der Waals surface area contributed by atoms with Crippen molar-refractivity contribution in [3.8, 4) is 5.75 Å². The molecule has 136 valence electrons. The molecule has 26 heavy (non-hydrogen) atoms. The first-order chi connectivity index (χ1) is 12.6. The summed E-state index contributed by atoms with van der Waals surface area (Å²) in [6.07, 6.45) is 0.611. The van der Waals surface area contributed by atoms with Gasteiger partial charge in [0.15, 0.2) is 0 Å². The third-order valence-electron chi connectivity index (χ3n) is 4.60. The Kier molecular flexibility index (Phi) is 5.41. The highest BCUT2D eigenvalue weighted by Gasteiger charge is 2.36. The molecule has 0 heterocycles. The van der Waals surface area contributed by atoms with Crippen LogP contribution in [-0.2, 0) is 22.6 Å². The van der Waals surface area contributed by atoms with Crippen LogP contribution in [0.2, 0.25) is 0 Å². The van der Waals surface area contributed by atoms with Gasteiger partial charge in [0.05, 0.1) is 7.11 Å². The number of hydrogen-bond acceptors (Lipinski definition) is 4. The minimum atomic E-state index is -0.979. The number of fused-ring (bicyclic) bond motifs is 1. The number of carbonyl (C=O) groups excluding carboxylic acids is 1. The lowest BCUT2D eigenvalue weighted by atomic mass is 9.79. The van der Waals surface area contributed by atoms with E-state index in [0.29, 0.717) is 24.2 Å². The Bertz CT molecular complexity index is 790. The zero-order valence-corrected chi connectivity index (χ0v) is 14.5. The summed E-state index contributed by atoms with van der Waals surface area (Å²) in [5.74, 6) is -1.21. The van der Waals surface area contributed by atoms with Gasteiger partial charge in [-0.3, -0.25) is 4.79 Å². The average Bonchev–Trinajstić information content (AvgIpc) is 2.66. The monoisotopic (exact) mass is 355 g/mol. The number of rotatable bonds is 5. The number of alkyl carbamates (subject to hydrolysis) is 1. The molecule has 1 aliphatic carbocycles. The third kappa shape index (κ3) is 3.96. The van der Waals surface area contributed by atoms with Crippen molar-refractivity contribution >= 4 is 12.1 Å². The molecule has 0 aliphatic heterocycles. The number of aryl methyl sites for hydroxylation is 1. The number of aliphatic carboxylic acids is 1.